The lowest BCUT2D eigenvalue weighted by molar-refractivity contribution is 0.185. The first-order valence-corrected chi connectivity index (χ1v) is 5.49. The zero-order valence-corrected chi connectivity index (χ0v) is 9.13. The van der Waals surface area contributed by atoms with E-state index in [4.69, 9.17) is 16.3 Å². The number of alkyl halides is 1. The first-order chi connectivity index (χ1) is 6.77. The largest absolute Gasteiger partial charge is 0.381 e. The highest BCUT2D eigenvalue weighted by Gasteiger charge is 2.24. The third-order valence-electron chi connectivity index (χ3n) is 2.77. The standard InChI is InChI=1S/C12H15ClO/c1-9-2-4-10(5-3-9)12(13)11-6-7-14-8-11/h2-5,11-12H,6-8H2,1H3. The molecule has 2 rings (SSSR count). The van der Waals surface area contributed by atoms with Gasteiger partial charge in [0.05, 0.1) is 12.0 Å². The van der Waals surface area contributed by atoms with Crippen molar-refractivity contribution in [2.75, 3.05) is 13.2 Å². The highest BCUT2D eigenvalue weighted by Crippen LogP contribution is 2.34. The fourth-order valence-electron chi connectivity index (χ4n) is 1.81. The van der Waals surface area contributed by atoms with Gasteiger partial charge in [0, 0.05) is 12.5 Å². The fourth-order valence-corrected chi connectivity index (χ4v) is 2.15. The summed E-state index contributed by atoms with van der Waals surface area (Å²) in [5, 5.41) is 0.109. The molecule has 1 aliphatic heterocycles. The molecule has 0 saturated carbocycles. The van der Waals surface area contributed by atoms with E-state index >= 15 is 0 Å². The van der Waals surface area contributed by atoms with Crippen molar-refractivity contribution in [1.82, 2.24) is 0 Å². The van der Waals surface area contributed by atoms with Crippen LogP contribution in [0.5, 0.6) is 0 Å². The monoisotopic (exact) mass is 210 g/mol. The molecule has 1 heterocycles. The van der Waals surface area contributed by atoms with Crippen LogP contribution in [0.2, 0.25) is 0 Å². The zero-order valence-electron chi connectivity index (χ0n) is 8.37. The SMILES string of the molecule is Cc1ccc(C(Cl)C2CCOC2)cc1. The maximum Gasteiger partial charge on any atom is 0.0636 e. The van der Waals surface area contributed by atoms with Gasteiger partial charge in [0.1, 0.15) is 0 Å². The summed E-state index contributed by atoms with van der Waals surface area (Å²) < 4.78 is 5.34. The van der Waals surface area contributed by atoms with Crippen molar-refractivity contribution < 1.29 is 4.74 Å². The lowest BCUT2D eigenvalue weighted by atomic mass is 9.97. The minimum Gasteiger partial charge on any atom is -0.381 e. The Morgan fingerprint density at radius 2 is 2.07 bits per heavy atom. The molecule has 2 unspecified atom stereocenters. The van der Waals surface area contributed by atoms with E-state index < -0.39 is 0 Å². The Labute approximate surface area is 90.0 Å². The minimum atomic E-state index is 0.109. The van der Waals surface area contributed by atoms with Crippen LogP contribution in [0.4, 0.5) is 0 Å². The average Bonchev–Trinajstić information content (AvgIpc) is 2.71. The van der Waals surface area contributed by atoms with E-state index in [1.165, 1.54) is 11.1 Å². The van der Waals surface area contributed by atoms with Crippen molar-refractivity contribution >= 4 is 11.6 Å². The van der Waals surface area contributed by atoms with E-state index in [-0.39, 0.29) is 5.38 Å². The first-order valence-electron chi connectivity index (χ1n) is 5.06. The van der Waals surface area contributed by atoms with Crippen LogP contribution < -0.4 is 0 Å². The number of hydrogen-bond donors (Lipinski definition) is 0. The minimum absolute atomic E-state index is 0.109. The predicted octanol–water partition coefficient (Wildman–Crippen LogP) is 3.31. The lowest BCUT2D eigenvalue weighted by Gasteiger charge is -2.15. The molecule has 0 bridgehead atoms. The second-order valence-corrected chi connectivity index (χ2v) is 4.41. The van der Waals surface area contributed by atoms with Gasteiger partial charge in [0.25, 0.3) is 0 Å². The highest BCUT2D eigenvalue weighted by molar-refractivity contribution is 6.21. The molecule has 0 N–H and O–H groups in total. The third-order valence-corrected chi connectivity index (χ3v) is 3.38. The van der Waals surface area contributed by atoms with Crippen LogP contribution in [0.15, 0.2) is 24.3 Å². The predicted molar refractivity (Wildman–Crippen MR) is 58.7 cm³/mol. The summed E-state index contributed by atoms with van der Waals surface area (Å²) in [6.07, 6.45) is 1.09. The van der Waals surface area contributed by atoms with Crippen LogP contribution in [0.1, 0.15) is 22.9 Å². The molecule has 2 heteroatoms. The molecule has 0 aromatic heterocycles. The summed E-state index contributed by atoms with van der Waals surface area (Å²) in [5.41, 5.74) is 2.49. The van der Waals surface area contributed by atoms with Crippen LogP contribution in [0, 0.1) is 12.8 Å². The Morgan fingerprint density at radius 1 is 1.36 bits per heavy atom. The van der Waals surface area contributed by atoms with Gasteiger partial charge in [0.2, 0.25) is 0 Å². The van der Waals surface area contributed by atoms with Gasteiger partial charge < -0.3 is 4.74 Å². The van der Waals surface area contributed by atoms with E-state index in [0.717, 1.165) is 19.6 Å². The molecule has 0 aliphatic carbocycles. The number of halogens is 1. The maximum atomic E-state index is 6.38. The molecule has 14 heavy (non-hydrogen) atoms. The smallest absolute Gasteiger partial charge is 0.0636 e. The van der Waals surface area contributed by atoms with Gasteiger partial charge in [-0.15, -0.1) is 11.6 Å². The van der Waals surface area contributed by atoms with Gasteiger partial charge in [0.15, 0.2) is 0 Å². The van der Waals surface area contributed by atoms with Crippen molar-refractivity contribution in [3.63, 3.8) is 0 Å². The van der Waals surface area contributed by atoms with Gasteiger partial charge in [-0.25, -0.2) is 0 Å². The molecule has 1 saturated heterocycles. The van der Waals surface area contributed by atoms with Gasteiger partial charge >= 0.3 is 0 Å². The van der Waals surface area contributed by atoms with Crippen molar-refractivity contribution in [2.24, 2.45) is 5.92 Å². The van der Waals surface area contributed by atoms with Crippen LogP contribution >= 0.6 is 11.6 Å². The molecule has 1 nitrogen and oxygen atoms in total. The quantitative estimate of drug-likeness (QED) is 0.681. The summed E-state index contributed by atoms with van der Waals surface area (Å²) in [6.45, 7) is 3.76. The van der Waals surface area contributed by atoms with E-state index in [1.807, 2.05) is 0 Å². The Hall–Kier alpha value is -0.530. The molecular formula is C12H15ClO. The summed E-state index contributed by atoms with van der Waals surface area (Å²) >= 11 is 6.38. The van der Waals surface area contributed by atoms with Gasteiger partial charge in [-0.05, 0) is 18.9 Å². The first kappa shape index (κ1) is 10.0. The summed E-state index contributed by atoms with van der Waals surface area (Å²) in [7, 11) is 0. The number of hydrogen-bond acceptors (Lipinski definition) is 1. The Bertz CT molecular complexity index is 288. The van der Waals surface area contributed by atoms with Crippen molar-refractivity contribution in [3.8, 4) is 0 Å². The molecule has 0 spiro atoms. The van der Waals surface area contributed by atoms with Crippen LogP contribution in [-0.2, 0) is 4.74 Å². The molecule has 1 aromatic rings. The van der Waals surface area contributed by atoms with Gasteiger partial charge in [-0.2, -0.15) is 0 Å². The molecule has 76 valence electrons. The molecular weight excluding hydrogens is 196 g/mol. The van der Waals surface area contributed by atoms with Crippen LogP contribution in [-0.4, -0.2) is 13.2 Å². The van der Waals surface area contributed by atoms with E-state index in [0.29, 0.717) is 5.92 Å². The molecule has 0 amide bonds. The summed E-state index contributed by atoms with van der Waals surface area (Å²) in [4.78, 5) is 0. The summed E-state index contributed by atoms with van der Waals surface area (Å²) in [5.74, 6) is 0.486. The van der Waals surface area contributed by atoms with Crippen LogP contribution in [0.25, 0.3) is 0 Å². The second-order valence-electron chi connectivity index (χ2n) is 3.94. The molecule has 1 aliphatic rings. The van der Waals surface area contributed by atoms with Crippen molar-refractivity contribution in [3.05, 3.63) is 35.4 Å². The maximum absolute atomic E-state index is 6.38. The third kappa shape index (κ3) is 2.10. The van der Waals surface area contributed by atoms with Crippen molar-refractivity contribution in [1.29, 1.82) is 0 Å². The number of aryl methyl sites for hydroxylation is 1. The molecule has 1 aromatic carbocycles. The van der Waals surface area contributed by atoms with Crippen LogP contribution in [0.3, 0.4) is 0 Å². The fraction of sp³-hybridized carbons (Fsp3) is 0.500. The Balaban J connectivity index is 2.09. The molecule has 0 radical (unpaired) electrons. The average molecular weight is 211 g/mol. The summed E-state index contributed by atoms with van der Waals surface area (Å²) in [6, 6.07) is 8.46. The molecule has 1 fully saturated rings. The van der Waals surface area contributed by atoms with Crippen molar-refractivity contribution in [2.45, 2.75) is 18.7 Å². The number of ether oxygens (including phenoxy) is 1. The highest BCUT2D eigenvalue weighted by atomic mass is 35.5. The Kier molecular flexibility index (Phi) is 3.09. The van der Waals surface area contributed by atoms with E-state index in [2.05, 4.69) is 31.2 Å². The molecule has 2 atom stereocenters. The lowest BCUT2D eigenvalue weighted by Crippen LogP contribution is -2.07. The Morgan fingerprint density at radius 3 is 2.64 bits per heavy atom. The van der Waals surface area contributed by atoms with Gasteiger partial charge in [-0.3, -0.25) is 0 Å². The number of benzene rings is 1. The topological polar surface area (TPSA) is 9.23 Å². The van der Waals surface area contributed by atoms with E-state index in [1.54, 1.807) is 0 Å². The normalized spacial score (nSPS) is 23.7. The second kappa shape index (κ2) is 4.33. The van der Waals surface area contributed by atoms with E-state index in [9.17, 15) is 0 Å². The van der Waals surface area contributed by atoms with Gasteiger partial charge in [-0.1, -0.05) is 29.8 Å². The number of rotatable bonds is 2. The zero-order chi connectivity index (χ0) is 9.97.